The maximum absolute atomic E-state index is 12.3. The van der Waals surface area contributed by atoms with Crippen molar-refractivity contribution in [2.45, 2.75) is 71.0 Å². The second kappa shape index (κ2) is 11.8. The summed E-state index contributed by atoms with van der Waals surface area (Å²) in [5.74, 6) is 0.805. The third-order valence-corrected chi connectivity index (χ3v) is 7.74. The number of fused-ring (bicyclic) bond motifs is 2. The normalized spacial score (nSPS) is 26.6. The maximum atomic E-state index is 12.3. The van der Waals surface area contributed by atoms with Crippen LogP contribution in [0.1, 0.15) is 52.9 Å². The molecule has 0 amide bonds. The number of nitrogens with one attached hydrogen (secondary N) is 2. The highest BCUT2D eigenvalue weighted by Crippen LogP contribution is 2.32. The van der Waals surface area contributed by atoms with Gasteiger partial charge in [-0.15, -0.1) is 24.0 Å². The highest BCUT2D eigenvalue weighted by atomic mass is 127. The van der Waals surface area contributed by atoms with E-state index in [9.17, 15) is 8.42 Å². The Hall–Kier alpha value is -0.130. The molecule has 2 aliphatic rings. The predicted octanol–water partition coefficient (Wildman–Crippen LogP) is 1.85. The molecule has 2 saturated heterocycles. The Kier molecular flexibility index (Phi) is 10.9. The number of sulfonamides is 1. The average Bonchev–Trinajstić information content (AvgIpc) is 2.56. The third-order valence-electron chi connectivity index (χ3n) is 5.74. The van der Waals surface area contributed by atoms with E-state index in [1.54, 1.807) is 0 Å². The molecule has 2 aliphatic heterocycles. The first-order valence-electron chi connectivity index (χ1n) is 10.2. The molecule has 2 unspecified atom stereocenters. The van der Waals surface area contributed by atoms with Crippen LogP contribution < -0.4 is 10.6 Å². The molecule has 2 fully saturated rings. The first-order chi connectivity index (χ1) is 12.4. The summed E-state index contributed by atoms with van der Waals surface area (Å²) in [5.41, 5.74) is 0. The van der Waals surface area contributed by atoms with Gasteiger partial charge in [0.25, 0.3) is 0 Å². The number of halogens is 1. The van der Waals surface area contributed by atoms with Crippen molar-refractivity contribution >= 4 is 40.0 Å². The predicted molar refractivity (Wildman–Crippen MR) is 123 cm³/mol. The second-order valence-electron chi connectivity index (χ2n) is 7.38. The molecule has 0 aliphatic carbocycles. The van der Waals surface area contributed by atoms with Gasteiger partial charge in [0, 0.05) is 37.8 Å². The van der Waals surface area contributed by atoms with Crippen molar-refractivity contribution in [3.8, 4) is 0 Å². The Morgan fingerprint density at radius 1 is 1.15 bits per heavy atom. The van der Waals surface area contributed by atoms with Crippen molar-refractivity contribution in [3.05, 3.63) is 0 Å². The van der Waals surface area contributed by atoms with Crippen LogP contribution in [0.15, 0.2) is 4.99 Å². The lowest BCUT2D eigenvalue weighted by molar-refractivity contribution is 0.0526. The van der Waals surface area contributed by atoms with Crippen molar-refractivity contribution in [1.82, 2.24) is 19.8 Å². The summed E-state index contributed by atoms with van der Waals surface area (Å²) < 4.78 is 26.1. The summed E-state index contributed by atoms with van der Waals surface area (Å²) in [5, 5.41) is 6.82. The molecule has 2 bridgehead atoms. The molecule has 2 N–H and O–H groups in total. The van der Waals surface area contributed by atoms with Gasteiger partial charge in [-0.1, -0.05) is 20.3 Å². The van der Waals surface area contributed by atoms with E-state index in [1.165, 1.54) is 23.6 Å². The van der Waals surface area contributed by atoms with Crippen LogP contribution in [0.4, 0.5) is 0 Å². The number of hydrogen-bond donors (Lipinski definition) is 2. The zero-order chi connectivity index (χ0) is 19.2. The van der Waals surface area contributed by atoms with Crippen molar-refractivity contribution < 1.29 is 8.42 Å². The molecular formula is C18H38IN5O2S. The van der Waals surface area contributed by atoms with Crippen LogP contribution >= 0.6 is 24.0 Å². The van der Waals surface area contributed by atoms with Gasteiger partial charge >= 0.3 is 0 Å². The van der Waals surface area contributed by atoms with Crippen molar-refractivity contribution in [3.63, 3.8) is 0 Å². The minimum atomic E-state index is -3.22. The molecule has 0 aromatic rings. The molecule has 0 saturated carbocycles. The fraction of sp³-hybridized carbons (Fsp3) is 0.944. The Morgan fingerprint density at radius 3 is 2.26 bits per heavy atom. The van der Waals surface area contributed by atoms with Gasteiger partial charge in [-0.2, -0.15) is 0 Å². The van der Waals surface area contributed by atoms with E-state index in [-0.39, 0.29) is 36.3 Å². The van der Waals surface area contributed by atoms with Crippen molar-refractivity contribution in [1.29, 1.82) is 0 Å². The van der Waals surface area contributed by atoms with E-state index >= 15 is 0 Å². The van der Waals surface area contributed by atoms with Crippen LogP contribution in [0, 0.1) is 0 Å². The number of piperidine rings is 2. The van der Waals surface area contributed by atoms with Gasteiger partial charge in [0.1, 0.15) is 0 Å². The van der Waals surface area contributed by atoms with Gasteiger partial charge in [-0.05, 0) is 39.7 Å². The molecule has 7 nitrogen and oxygen atoms in total. The third kappa shape index (κ3) is 7.01. The van der Waals surface area contributed by atoms with Crippen molar-refractivity contribution in [2.24, 2.45) is 4.99 Å². The van der Waals surface area contributed by atoms with E-state index in [0.717, 1.165) is 25.3 Å². The smallest absolute Gasteiger partial charge is 0.215 e. The number of hydrogen-bond acceptors (Lipinski definition) is 4. The summed E-state index contributed by atoms with van der Waals surface area (Å²) >= 11 is 0. The standard InChI is InChI=1S/C18H37N5O2S.HI/c1-5-19-18(20-11-12-26(24,25)23(6-2)7-3)21-15-13-16-9-8-10-17(14-15)22(16)4;/h15-17H,5-14H2,1-4H3,(H2,19,20,21);1H. The minimum absolute atomic E-state index is 0. The zero-order valence-corrected chi connectivity index (χ0v) is 20.4. The SMILES string of the molecule is CCNC(=NCCS(=O)(=O)N(CC)CC)NC1CC2CCCC(C1)N2C.I. The molecule has 2 atom stereocenters. The van der Waals surface area contributed by atoms with E-state index in [1.807, 2.05) is 20.8 Å². The van der Waals surface area contributed by atoms with Gasteiger partial charge in [0.15, 0.2) is 5.96 Å². The zero-order valence-electron chi connectivity index (χ0n) is 17.3. The van der Waals surface area contributed by atoms with Crippen LogP contribution in [-0.2, 0) is 10.0 Å². The van der Waals surface area contributed by atoms with Crippen LogP contribution in [-0.4, -0.2) is 80.7 Å². The van der Waals surface area contributed by atoms with Crippen molar-refractivity contribution in [2.75, 3.05) is 39.0 Å². The summed E-state index contributed by atoms with van der Waals surface area (Å²) in [6.45, 7) is 7.85. The van der Waals surface area contributed by atoms with Crippen LogP contribution in [0.2, 0.25) is 0 Å². The highest BCUT2D eigenvalue weighted by molar-refractivity contribution is 14.0. The summed E-state index contributed by atoms with van der Waals surface area (Å²) in [4.78, 5) is 7.08. The van der Waals surface area contributed by atoms with Crippen LogP contribution in [0.25, 0.3) is 0 Å². The Labute approximate surface area is 182 Å². The molecule has 2 rings (SSSR count). The fourth-order valence-electron chi connectivity index (χ4n) is 4.27. The van der Waals surface area contributed by atoms with Gasteiger partial charge < -0.3 is 15.5 Å². The van der Waals surface area contributed by atoms with Crippen LogP contribution in [0.5, 0.6) is 0 Å². The molecule has 2 heterocycles. The topological polar surface area (TPSA) is 77.0 Å². The van der Waals surface area contributed by atoms with Gasteiger partial charge in [-0.3, -0.25) is 4.99 Å². The lowest BCUT2D eigenvalue weighted by Gasteiger charge is -2.47. The summed E-state index contributed by atoms with van der Waals surface area (Å²) in [6, 6.07) is 1.73. The average molecular weight is 516 g/mol. The minimum Gasteiger partial charge on any atom is -0.357 e. The Balaban J connectivity index is 0.00000364. The number of rotatable bonds is 8. The van der Waals surface area contributed by atoms with E-state index in [0.29, 0.717) is 31.2 Å². The number of guanidine groups is 1. The quantitative estimate of drug-likeness (QED) is 0.293. The Morgan fingerprint density at radius 2 is 1.74 bits per heavy atom. The van der Waals surface area contributed by atoms with Gasteiger partial charge in [0.05, 0.1) is 12.3 Å². The molecule has 9 heteroatoms. The lowest BCUT2D eigenvalue weighted by Crippen LogP contribution is -2.56. The summed E-state index contributed by atoms with van der Waals surface area (Å²) in [7, 11) is -0.970. The van der Waals surface area contributed by atoms with E-state index in [4.69, 9.17) is 0 Å². The monoisotopic (exact) mass is 515 g/mol. The largest absolute Gasteiger partial charge is 0.357 e. The molecule has 0 aromatic carbocycles. The summed E-state index contributed by atoms with van der Waals surface area (Å²) in [6.07, 6.45) is 6.16. The van der Waals surface area contributed by atoms with E-state index in [2.05, 4.69) is 27.6 Å². The molecule has 0 spiro atoms. The number of aliphatic imine (C=N–C) groups is 1. The van der Waals surface area contributed by atoms with Gasteiger partial charge in [0.2, 0.25) is 10.0 Å². The fourth-order valence-corrected chi connectivity index (χ4v) is 5.63. The number of nitrogens with zero attached hydrogens (tertiary/aromatic N) is 3. The molecule has 0 aromatic heterocycles. The molecule has 160 valence electrons. The Bertz CT molecular complexity index is 554. The first-order valence-corrected chi connectivity index (χ1v) is 11.8. The first kappa shape index (κ1) is 24.9. The maximum Gasteiger partial charge on any atom is 0.215 e. The lowest BCUT2D eigenvalue weighted by atomic mass is 9.82. The van der Waals surface area contributed by atoms with Crippen LogP contribution in [0.3, 0.4) is 0 Å². The highest BCUT2D eigenvalue weighted by Gasteiger charge is 2.36. The van der Waals surface area contributed by atoms with E-state index < -0.39 is 10.0 Å². The molecular weight excluding hydrogens is 477 g/mol. The molecule has 27 heavy (non-hydrogen) atoms. The second-order valence-corrected chi connectivity index (χ2v) is 9.47. The molecule has 0 radical (unpaired) electrons. The van der Waals surface area contributed by atoms with Gasteiger partial charge in [-0.25, -0.2) is 12.7 Å².